The Morgan fingerprint density at radius 3 is 2.52 bits per heavy atom. The fraction of sp³-hybridized carbons (Fsp3) is 0.588. The van der Waals surface area contributed by atoms with Gasteiger partial charge in [0.15, 0.2) is 9.74 Å². The smallest absolute Gasteiger partial charge is 0.406 e. The predicted molar refractivity (Wildman–Crippen MR) is 278 cm³/mol. The number of thioether (sulfide) groups is 1. The van der Waals surface area contributed by atoms with Gasteiger partial charge in [0.2, 0.25) is 5.91 Å². The van der Waals surface area contributed by atoms with Gasteiger partial charge in [0.05, 0.1) is 54.7 Å². The van der Waals surface area contributed by atoms with Crippen LogP contribution in [0.25, 0.3) is 32.7 Å². The van der Waals surface area contributed by atoms with Gasteiger partial charge in [-0.1, -0.05) is 33.6 Å². The lowest BCUT2D eigenvalue weighted by Gasteiger charge is -2.43. The summed E-state index contributed by atoms with van der Waals surface area (Å²) in [6, 6.07) is 8.55. The minimum absolute atomic E-state index is 0.00156. The molecule has 2 fully saturated rings. The van der Waals surface area contributed by atoms with E-state index in [9.17, 15) is 27.6 Å². The molecule has 6 bridgehead atoms. The number of carbonyl (C=O) groups excluding carboxylic acids is 4. The minimum Gasteiger partial charge on any atom is -0.463 e. The fourth-order valence-corrected chi connectivity index (χ4v) is 10.7. The van der Waals surface area contributed by atoms with Gasteiger partial charge in [-0.15, -0.1) is 24.4 Å². The van der Waals surface area contributed by atoms with Gasteiger partial charge in [0.25, 0.3) is 11.8 Å². The molecule has 2 N–H and O–H groups in total. The normalized spacial score (nSPS) is 21.8. The van der Waals surface area contributed by atoms with E-state index >= 15 is 4.79 Å². The zero-order chi connectivity index (χ0) is 53.4. The summed E-state index contributed by atoms with van der Waals surface area (Å²) in [5.74, 6) is 2.89. The number of rotatable bonds is 12. The van der Waals surface area contributed by atoms with E-state index in [1.807, 2.05) is 60.5 Å². The molecular formula is C51H66F3N9O7S3. The number of hydrogen-bond acceptors (Lipinski definition) is 15. The summed E-state index contributed by atoms with van der Waals surface area (Å²) in [5, 5.41) is 5.33. The number of amides is 3. The maximum Gasteiger partial charge on any atom is 0.406 e. The zero-order valence-electron chi connectivity index (χ0n) is 43.2. The quantitative estimate of drug-likeness (QED) is 0.0578. The van der Waals surface area contributed by atoms with Gasteiger partial charge in [0.1, 0.15) is 17.4 Å². The van der Waals surface area contributed by atoms with Gasteiger partial charge in [-0.3, -0.25) is 29.3 Å². The van der Waals surface area contributed by atoms with Crippen LogP contribution >= 0.6 is 35.9 Å². The van der Waals surface area contributed by atoms with E-state index in [2.05, 4.69) is 27.6 Å². The number of ether oxygens (including phenoxy) is 3. The van der Waals surface area contributed by atoms with Crippen molar-refractivity contribution in [2.24, 2.45) is 17.3 Å². The van der Waals surface area contributed by atoms with Crippen molar-refractivity contribution >= 4 is 70.5 Å². The molecule has 0 aliphatic carbocycles. The lowest BCUT2D eigenvalue weighted by molar-refractivity contribution is -0.158. The number of nitrogens with zero attached hydrogens (tertiary/aromatic N) is 7. The van der Waals surface area contributed by atoms with Crippen LogP contribution in [0.1, 0.15) is 84.5 Å². The van der Waals surface area contributed by atoms with E-state index in [0.717, 1.165) is 23.3 Å². The van der Waals surface area contributed by atoms with Crippen molar-refractivity contribution in [3.63, 3.8) is 0 Å². The topological polar surface area (TPSA) is 173 Å². The maximum atomic E-state index is 15.2. The highest BCUT2D eigenvalue weighted by atomic mass is 32.2. The number of likely N-dealkylation sites (tertiary alicyclic amines) is 1. The third-order valence-electron chi connectivity index (χ3n) is 13.9. The van der Waals surface area contributed by atoms with Crippen molar-refractivity contribution in [2.75, 3.05) is 60.3 Å². The van der Waals surface area contributed by atoms with E-state index in [4.69, 9.17) is 36.2 Å². The predicted octanol–water partition coefficient (Wildman–Crippen LogP) is 6.93. The summed E-state index contributed by atoms with van der Waals surface area (Å²) in [4.78, 5) is 66.5. The van der Waals surface area contributed by atoms with Crippen molar-refractivity contribution in [2.45, 2.75) is 114 Å². The van der Waals surface area contributed by atoms with Crippen LogP contribution in [-0.4, -0.2) is 145 Å². The van der Waals surface area contributed by atoms with Gasteiger partial charge in [-0.2, -0.15) is 17.5 Å². The van der Waals surface area contributed by atoms with Crippen molar-refractivity contribution in [1.82, 2.24) is 44.5 Å². The molecule has 22 heteroatoms. The number of cyclic esters (lactones) is 1. The Balaban J connectivity index is 1.27. The third kappa shape index (κ3) is 12.3. The fourth-order valence-electron chi connectivity index (χ4n) is 8.96. The van der Waals surface area contributed by atoms with Crippen molar-refractivity contribution < 1.29 is 46.6 Å². The van der Waals surface area contributed by atoms with Crippen LogP contribution in [0.2, 0.25) is 0 Å². The molecule has 2 saturated heterocycles. The molecule has 1 unspecified atom stereocenters. The molecule has 0 radical (unpaired) electrons. The molecule has 1 aromatic carbocycles. The Labute approximate surface area is 438 Å². The van der Waals surface area contributed by atoms with E-state index in [0.29, 0.717) is 63.5 Å². The molecular weight excluding hydrogens is 1000 g/mol. The highest BCUT2D eigenvalue weighted by Gasteiger charge is 2.50. The zero-order valence-corrected chi connectivity index (χ0v) is 45.8. The number of carbonyl (C=O) groups is 4. The van der Waals surface area contributed by atoms with Crippen LogP contribution in [0, 0.1) is 29.1 Å². The summed E-state index contributed by atoms with van der Waals surface area (Å²) in [6.07, 6.45) is -1.74. The third-order valence-corrected chi connectivity index (χ3v) is 16.4. The number of hydrazine groups is 1. The lowest BCUT2D eigenvalue weighted by Crippen LogP contribution is -2.68. The van der Waals surface area contributed by atoms with E-state index in [1.165, 1.54) is 16.7 Å². The van der Waals surface area contributed by atoms with Crippen LogP contribution in [0.4, 0.5) is 13.2 Å². The Morgan fingerprint density at radius 2 is 1.86 bits per heavy atom. The average Bonchev–Trinajstić information content (AvgIpc) is 3.89. The first kappa shape index (κ1) is 56.0. The first-order valence-electron chi connectivity index (χ1n) is 24.2. The van der Waals surface area contributed by atoms with Crippen molar-refractivity contribution in [1.29, 1.82) is 0 Å². The molecule has 3 aromatic heterocycles. The molecule has 4 aromatic rings. The van der Waals surface area contributed by atoms with Gasteiger partial charge in [-0.05, 0) is 120 Å². The summed E-state index contributed by atoms with van der Waals surface area (Å²) in [6.45, 7) is 12.4. The standard InChI is InChI=1S/C51H66F3N9O7S3/c1-30(2)37(27-69-33-25-61(26-33)40(64)17-19-48(6,7)60(8)9)43(65)57-50(72-11)24-39-56-44(73-58-39)32-15-16-38-35(22-32)36(23-47(4,5)29-70-46(67)49(71)18-13-21-63(59-49)45(50)66)42(62(38)28-51(52,53)54)34-14-12-20-55-41(34)31(3)68-10/h12,14-16,20,22,30-31,33,37,59,71H,13,18,21,23-29H2,1-11H3,(H,57,65)/t31-,37?,49-,50+/m0/s1. The molecule has 7 rings (SSSR count). The van der Waals surface area contributed by atoms with Crippen LogP contribution in [0.5, 0.6) is 0 Å². The summed E-state index contributed by atoms with van der Waals surface area (Å²) in [5.41, 5.74) is 4.34. The Bertz CT molecular complexity index is 2780. The van der Waals surface area contributed by atoms with Crippen molar-refractivity contribution in [3.8, 4) is 33.7 Å². The Morgan fingerprint density at radius 1 is 1.14 bits per heavy atom. The Hall–Kier alpha value is -4.76. The average molecular weight is 1070 g/mol. The first-order chi connectivity index (χ1) is 34.2. The number of hydrogen-bond donors (Lipinski definition) is 3. The van der Waals surface area contributed by atoms with Crippen LogP contribution in [0.3, 0.4) is 0 Å². The van der Waals surface area contributed by atoms with E-state index in [-0.39, 0.29) is 62.8 Å². The summed E-state index contributed by atoms with van der Waals surface area (Å²) >= 11 is 6.95. The van der Waals surface area contributed by atoms with Crippen LogP contribution < -0.4 is 10.7 Å². The number of aromatic nitrogens is 4. The van der Waals surface area contributed by atoms with Gasteiger partial charge >= 0.3 is 12.1 Å². The maximum absolute atomic E-state index is 15.2. The van der Waals surface area contributed by atoms with Crippen LogP contribution in [0.15, 0.2) is 36.5 Å². The second-order valence-corrected chi connectivity index (χ2v) is 23.6. The van der Waals surface area contributed by atoms with Gasteiger partial charge < -0.3 is 29.0 Å². The molecule has 3 aliphatic heterocycles. The minimum atomic E-state index is -4.61. The molecule has 3 amide bonds. The number of alkyl halides is 3. The number of nitrogens with one attached hydrogen (secondary N) is 2. The second-order valence-electron chi connectivity index (χ2n) is 21.0. The van der Waals surface area contributed by atoms with E-state index < -0.39 is 63.2 Å². The van der Waals surface area contributed by atoms with Gasteiger partial charge in [-0.25, -0.2) is 15.2 Å². The monoisotopic (exact) mass is 1070 g/mol. The number of thiol groups is 1. The van der Waals surface area contributed by atoms with Crippen LogP contribution in [-0.2, 0) is 52.8 Å². The largest absolute Gasteiger partial charge is 0.463 e. The van der Waals surface area contributed by atoms with Gasteiger partial charge in [0, 0.05) is 60.4 Å². The highest BCUT2D eigenvalue weighted by Crippen LogP contribution is 2.44. The summed E-state index contributed by atoms with van der Waals surface area (Å²) in [7, 11) is 5.29. The number of fused-ring (bicyclic) bond motifs is 6. The number of esters is 1. The molecule has 0 saturated carbocycles. The number of halogens is 3. The lowest BCUT2D eigenvalue weighted by atomic mass is 9.84. The molecule has 0 spiro atoms. The second kappa shape index (κ2) is 21.8. The number of benzene rings is 1. The summed E-state index contributed by atoms with van der Waals surface area (Å²) < 4.78 is 68.1. The van der Waals surface area contributed by atoms with Crippen molar-refractivity contribution in [3.05, 3.63) is 53.6 Å². The molecule has 3 aliphatic rings. The molecule has 73 heavy (non-hydrogen) atoms. The molecule has 6 heterocycles. The number of pyridine rings is 1. The first-order valence-corrected chi connectivity index (χ1v) is 26.7. The molecule has 396 valence electrons. The SMILES string of the molecule is CO[C@@H](C)c1ncccc1-c1c2c3cc(ccc3n1CC(F)(F)F)-c1nc(ns1)C[C@@](NC(=O)C(COC1CN(C(=O)C#CC(C)(C)N(C)C)C1)C(C)C)(SC)C(=O)N1CCC[C@@](S)(N1)C(=O)OCC(C)(C)C2. The Kier molecular flexibility index (Phi) is 16.7. The number of methoxy groups -OCH3 is 1. The molecule has 4 atom stereocenters. The van der Waals surface area contributed by atoms with E-state index in [1.54, 1.807) is 54.6 Å². The molecule has 16 nitrogen and oxygen atoms in total. The highest BCUT2D eigenvalue weighted by molar-refractivity contribution is 8.00.